The highest BCUT2D eigenvalue weighted by molar-refractivity contribution is 5.72. The number of hydrogen-bond donors (Lipinski definition) is 1. The molecular formula is C10H17NO3. The highest BCUT2D eigenvalue weighted by Crippen LogP contribution is 2.38. The molecule has 2 heterocycles. The van der Waals surface area contributed by atoms with Gasteiger partial charge in [0.1, 0.15) is 6.04 Å². The van der Waals surface area contributed by atoms with Crippen LogP contribution in [0.5, 0.6) is 0 Å². The van der Waals surface area contributed by atoms with Crippen molar-refractivity contribution in [2.45, 2.75) is 25.8 Å². The molecular weight excluding hydrogens is 182 g/mol. The van der Waals surface area contributed by atoms with Crippen molar-refractivity contribution in [3.8, 4) is 0 Å². The van der Waals surface area contributed by atoms with E-state index in [0.29, 0.717) is 5.41 Å². The van der Waals surface area contributed by atoms with Crippen LogP contribution in [-0.2, 0) is 9.53 Å². The number of rotatable bonds is 2. The van der Waals surface area contributed by atoms with E-state index in [9.17, 15) is 4.79 Å². The lowest BCUT2D eigenvalue weighted by Crippen LogP contribution is -2.53. The maximum Gasteiger partial charge on any atom is 0.320 e. The van der Waals surface area contributed by atoms with Gasteiger partial charge >= 0.3 is 5.97 Å². The lowest BCUT2D eigenvalue weighted by atomic mass is 9.76. The van der Waals surface area contributed by atoms with Gasteiger partial charge in [-0.05, 0) is 32.9 Å². The summed E-state index contributed by atoms with van der Waals surface area (Å²) in [6, 6.07) is -0.339. The molecule has 0 aliphatic carbocycles. The fourth-order valence-electron chi connectivity index (χ4n) is 2.22. The topological polar surface area (TPSA) is 49.8 Å². The quantitative estimate of drug-likeness (QED) is 0.706. The summed E-state index contributed by atoms with van der Waals surface area (Å²) in [4.78, 5) is 12.8. The normalized spacial score (nSPS) is 28.4. The van der Waals surface area contributed by atoms with Crippen molar-refractivity contribution in [2.24, 2.45) is 5.41 Å². The van der Waals surface area contributed by atoms with Gasteiger partial charge in [-0.3, -0.25) is 9.69 Å². The molecule has 0 aromatic carbocycles. The van der Waals surface area contributed by atoms with Gasteiger partial charge in [-0.15, -0.1) is 0 Å². The number of aliphatic carboxylic acids is 1. The van der Waals surface area contributed by atoms with Gasteiger partial charge < -0.3 is 9.84 Å². The zero-order valence-electron chi connectivity index (χ0n) is 8.53. The molecule has 0 radical (unpaired) electrons. The van der Waals surface area contributed by atoms with Crippen molar-refractivity contribution in [3.63, 3.8) is 0 Å². The largest absolute Gasteiger partial charge is 0.480 e. The van der Waals surface area contributed by atoms with Crippen LogP contribution < -0.4 is 0 Å². The molecule has 2 rings (SSSR count). The number of carboxylic acid groups (broad SMARTS) is 1. The zero-order chi connectivity index (χ0) is 10.2. The van der Waals surface area contributed by atoms with Gasteiger partial charge in [0.25, 0.3) is 0 Å². The summed E-state index contributed by atoms with van der Waals surface area (Å²) in [5.41, 5.74) is 0.398. The molecule has 1 spiro atoms. The Morgan fingerprint density at radius 2 is 2.00 bits per heavy atom. The van der Waals surface area contributed by atoms with Gasteiger partial charge in [-0.25, -0.2) is 0 Å². The van der Waals surface area contributed by atoms with Crippen molar-refractivity contribution < 1.29 is 14.6 Å². The van der Waals surface area contributed by atoms with Crippen LogP contribution in [0, 0.1) is 5.41 Å². The molecule has 0 amide bonds. The highest BCUT2D eigenvalue weighted by atomic mass is 16.5. The Kier molecular flexibility index (Phi) is 2.49. The van der Waals surface area contributed by atoms with E-state index in [4.69, 9.17) is 9.84 Å². The average molecular weight is 199 g/mol. The fourth-order valence-corrected chi connectivity index (χ4v) is 2.22. The van der Waals surface area contributed by atoms with E-state index in [2.05, 4.69) is 0 Å². The summed E-state index contributed by atoms with van der Waals surface area (Å²) >= 11 is 0. The van der Waals surface area contributed by atoms with Crippen molar-refractivity contribution in [1.82, 2.24) is 4.90 Å². The first-order valence-corrected chi connectivity index (χ1v) is 5.18. The zero-order valence-corrected chi connectivity index (χ0v) is 8.53. The van der Waals surface area contributed by atoms with E-state index in [0.717, 1.165) is 39.1 Å². The molecule has 0 bridgehead atoms. The number of likely N-dealkylation sites (tertiary alicyclic amines) is 1. The van der Waals surface area contributed by atoms with Crippen molar-refractivity contribution in [1.29, 1.82) is 0 Å². The molecule has 14 heavy (non-hydrogen) atoms. The van der Waals surface area contributed by atoms with Crippen LogP contribution in [0.15, 0.2) is 0 Å². The molecule has 4 heteroatoms. The van der Waals surface area contributed by atoms with E-state index in [1.807, 2.05) is 4.90 Å². The van der Waals surface area contributed by atoms with Crippen LogP contribution in [0.3, 0.4) is 0 Å². The highest BCUT2D eigenvalue weighted by Gasteiger charge is 2.42. The maximum absolute atomic E-state index is 10.8. The minimum atomic E-state index is -0.717. The molecule has 2 aliphatic rings. The molecule has 1 N–H and O–H groups in total. The summed E-state index contributed by atoms with van der Waals surface area (Å²) in [7, 11) is 0. The minimum Gasteiger partial charge on any atom is -0.480 e. The molecule has 4 nitrogen and oxygen atoms in total. The van der Waals surface area contributed by atoms with Crippen molar-refractivity contribution in [2.75, 3.05) is 26.3 Å². The van der Waals surface area contributed by atoms with Gasteiger partial charge in [0.2, 0.25) is 0 Å². The Balaban J connectivity index is 1.86. The standard InChI is InChI=1S/C10H17NO3/c1-8(9(12)13)11-4-2-10(3-5-11)6-14-7-10/h8H,2-7H2,1H3,(H,12,13)/t8-/m1/s1. The van der Waals surface area contributed by atoms with Crippen LogP contribution in [0.4, 0.5) is 0 Å². The van der Waals surface area contributed by atoms with Crippen LogP contribution >= 0.6 is 0 Å². The summed E-state index contributed by atoms with van der Waals surface area (Å²) in [5, 5.41) is 8.87. The Bertz CT molecular complexity index is 228. The Morgan fingerprint density at radius 1 is 1.43 bits per heavy atom. The predicted octanol–water partition coefficient (Wildman–Crippen LogP) is 0.572. The van der Waals surface area contributed by atoms with Gasteiger partial charge in [-0.2, -0.15) is 0 Å². The second kappa shape index (κ2) is 3.51. The minimum absolute atomic E-state index is 0.339. The van der Waals surface area contributed by atoms with Crippen molar-refractivity contribution in [3.05, 3.63) is 0 Å². The third-order valence-electron chi connectivity index (χ3n) is 3.58. The monoisotopic (exact) mass is 199 g/mol. The second-order valence-corrected chi connectivity index (χ2v) is 4.54. The summed E-state index contributed by atoms with van der Waals surface area (Å²) in [5.74, 6) is -0.717. The first-order valence-electron chi connectivity index (χ1n) is 5.18. The maximum atomic E-state index is 10.8. The van der Waals surface area contributed by atoms with E-state index in [1.54, 1.807) is 6.92 Å². The van der Waals surface area contributed by atoms with E-state index in [1.165, 1.54) is 0 Å². The summed E-state index contributed by atoms with van der Waals surface area (Å²) < 4.78 is 5.22. The van der Waals surface area contributed by atoms with Gasteiger partial charge in [0.05, 0.1) is 13.2 Å². The smallest absolute Gasteiger partial charge is 0.320 e. The Morgan fingerprint density at radius 3 is 2.36 bits per heavy atom. The number of nitrogens with zero attached hydrogens (tertiary/aromatic N) is 1. The van der Waals surface area contributed by atoms with Gasteiger partial charge in [-0.1, -0.05) is 0 Å². The number of hydrogen-bond acceptors (Lipinski definition) is 3. The number of carboxylic acids is 1. The van der Waals surface area contributed by atoms with Gasteiger partial charge in [0.15, 0.2) is 0 Å². The molecule has 2 saturated heterocycles. The molecule has 0 aromatic heterocycles. The Hall–Kier alpha value is -0.610. The number of piperidine rings is 1. The van der Waals surface area contributed by atoms with Crippen LogP contribution in [0.25, 0.3) is 0 Å². The molecule has 0 aromatic rings. The second-order valence-electron chi connectivity index (χ2n) is 4.54. The lowest BCUT2D eigenvalue weighted by molar-refractivity contribution is -0.154. The summed E-state index contributed by atoms with van der Waals surface area (Å²) in [6.07, 6.45) is 2.18. The number of carbonyl (C=O) groups is 1. The number of ether oxygens (including phenoxy) is 1. The molecule has 1 atom stereocenters. The third kappa shape index (κ3) is 1.64. The Labute approximate surface area is 83.8 Å². The molecule has 2 fully saturated rings. The fraction of sp³-hybridized carbons (Fsp3) is 0.900. The summed E-state index contributed by atoms with van der Waals surface area (Å²) in [6.45, 7) is 5.32. The average Bonchev–Trinajstić information content (AvgIpc) is 2.14. The predicted molar refractivity (Wildman–Crippen MR) is 51.2 cm³/mol. The van der Waals surface area contributed by atoms with Gasteiger partial charge in [0, 0.05) is 5.41 Å². The van der Waals surface area contributed by atoms with Crippen LogP contribution in [-0.4, -0.2) is 48.3 Å². The van der Waals surface area contributed by atoms with Crippen LogP contribution in [0.1, 0.15) is 19.8 Å². The molecule has 80 valence electrons. The molecule has 0 saturated carbocycles. The van der Waals surface area contributed by atoms with E-state index < -0.39 is 5.97 Å². The molecule has 2 aliphatic heterocycles. The van der Waals surface area contributed by atoms with Crippen molar-refractivity contribution >= 4 is 5.97 Å². The lowest BCUT2D eigenvalue weighted by Gasteiger charge is -2.48. The third-order valence-corrected chi connectivity index (χ3v) is 3.58. The molecule has 0 unspecified atom stereocenters. The van der Waals surface area contributed by atoms with E-state index >= 15 is 0 Å². The van der Waals surface area contributed by atoms with E-state index in [-0.39, 0.29) is 6.04 Å². The SMILES string of the molecule is C[C@H](C(=O)O)N1CCC2(CC1)COC2. The first-order chi connectivity index (χ1) is 6.63. The first kappa shape index (κ1) is 9.93. The van der Waals surface area contributed by atoms with Crippen LogP contribution in [0.2, 0.25) is 0 Å².